The van der Waals surface area contributed by atoms with Crippen LogP contribution < -0.4 is 9.80 Å². The molecular formula is C24H21F2N5O3. The largest absolute Gasteiger partial charge is 0.465 e. The number of rotatable bonds is 4. The molecule has 2 atom stereocenters. The highest BCUT2D eigenvalue weighted by Crippen LogP contribution is 2.46. The smallest absolute Gasteiger partial charge is 0.412 e. The van der Waals surface area contributed by atoms with E-state index in [4.69, 9.17) is 5.26 Å². The van der Waals surface area contributed by atoms with Gasteiger partial charge < -0.3 is 10.0 Å². The summed E-state index contributed by atoms with van der Waals surface area (Å²) in [5.74, 6) is -2.03. The second-order valence-electron chi connectivity index (χ2n) is 8.00. The van der Waals surface area contributed by atoms with Crippen LogP contribution in [-0.4, -0.2) is 32.9 Å². The third-order valence-corrected chi connectivity index (χ3v) is 5.88. The van der Waals surface area contributed by atoms with E-state index < -0.39 is 29.8 Å². The number of benzene rings is 2. The Morgan fingerprint density at radius 1 is 1.12 bits per heavy atom. The standard InChI is InChI=1S/C24H21F2N5O3/c1-14-23(19-6-5-18(25)11-20(19)26)31(24(33)34)22-10-16(4-7-21(22)30(14)15(2)32)17-12-28-29(13-17)9-3-8-27/h4-7,10-14,23H,3,9H2,1-2H3,(H,33,34)/t14-,23?/m0/s1. The van der Waals surface area contributed by atoms with Gasteiger partial charge in [0.05, 0.1) is 48.7 Å². The molecule has 1 aromatic heterocycles. The zero-order chi connectivity index (χ0) is 24.6. The maximum atomic E-state index is 14.8. The normalized spacial score (nSPS) is 17.3. The van der Waals surface area contributed by atoms with Gasteiger partial charge in [-0.3, -0.25) is 14.4 Å². The van der Waals surface area contributed by atoms with E-state index in [0.29, 0.717) is 29.4 Å². The maximum Gasteiger partial charge on any atom is 0.412 e. The van der Waals surface area contributed by atoms with E-state index in [1.165, 1.54) is 17.9 Å². The highest BCUT2D eigenvalue weighted by Gasteiger charge is 2.43. The van der Waals surface area contributed by atoms with Crippen molar-refractivity contribution in [3.05, 3.63) is 66.0 Å². The first kappa shape index (κ1) is 22.9. The third kappa shape index (κ3) is 3.96. The second-order valence-corrected chi connectivity index (χ2v) is 8.00. The van der Waals surface area contributed by atoms with Gasteiger partial charge in [0.15, 0.2) is 0 Å². The number of nitrogens with zero attached hydrogens (tertiary/aromatic N) is 5. The molecule has 1 unspecified atom stereocenters. The molecule has 8 nitrogen and oxygen atoms in total. The summed E-state index contributed by atoms with van der Waals surface area (Å²) in [6.45, 7) is 3.38. The molecule has 0 aliphatic carbocycles. The molecule has 1 aliphatic heterocycles. The number of nitriles is 1. The van der Waals surface area contributed by atoms with E-state index in [1.807, 2.05) is 6.07 Å². The minimum Gasteiger partial charge on any atom is -0.465 e. The van der Waals surface area contributed by atoms with Crippen molar-refractivity contribution in [1.82, 2.24) is 9.78 Å². The summed E-state index contributed by atoms with van der Waals surface area (Å²) in [5, 5.41) is 23.1. The minimum atomic E-state index is -1.34. The molecule has 0 bridgehead atoms. The van der Waals surface area contributed by atoms with Gasteiger partial charge in [0.2, 0.25) is 5.91 Å². The first-order chi connectivity index (χ1) is 16.2. The Morgan fingerprint density at radius 3 is 2.53 bits per heavy atom. The topological polar surface area (TPSA) is 102 Å². The predicted octanol–water partition coefficient (Wildman–Crippen LogP) is 4.72. The van der Waals surface area contributed by atoms with E-state index in [9.17, 15) is 23.5 Å². The number of anilines is 2. The van der Waals surface area contributed by atoms with Gasteiger partial charge in [-0.2, -0.15) is 10.4 Å². The van der Waals surface area contributed by atoms with Crippen molar-refractivity contribution in [2.24, 2.45) is 0 Å². The van der Waals surface area contributed by atoms with Gasteiger partial charge in [0, 0.05) is 30.3 Å². The Labute approximate surface area is 194 Å². The molecular weight excluding hydrogens is 444 g/mol. The number of amides is 2. The number of aryl methyl sites for hydroxylation is 1. The van der Waals surface area contributed by atoms with Gasteiger partial charge in [-0.15, -0.1) is 0 Å². The van der Waals surface area contributed by atoms with Crippen molar-refractivity contribution in [2.75, 3.05) is 9.80 Å². The van der Waals surface area contributed by atoms with Crippen LogP contribution in [0.25, 0.3) is 11.1 Å². The monoisotopic (exact) mass is 465 g/mol. The molecule has 1 N–H and O–H groups in total. The number of aromatic nitrogens is 2. The van der Waals surface area contributed by atoms with Crippen molar-refractivity contribution in [3.63, 3.8) is 0 Å². The molecule has 2 heterocycles. The molecule has 0 radical (unpaired) electrons. The zero-order valence-electron chi connectivity index (χ0n) is 18.4. The lowest BCUT2D eigenvalue weighted by Crippen LogP contribution is -2.53. The quantitative estimate of drug-likeness (QED) is 0.601. The van der Waals surface area contributed by atoms with Crippen molar-refractivity contribution < 1.29 is 23.5 Å². The number of hydrogen-bond donors (Lipinski definition) is 1. The Morgan fingerprint density at radius 2 is 1.88 bits per heavy atom. The molecule has 0 fully saturated rings. The number of halogens is 2. The van der Waals surface area contributed by atoms with E-state index in [1.54, 1.807) is 42.2 Å². The second kappa shape index (κ2) is 8.94. The van der Waals surface area contributed by atoms with Gasteiger partial charge in [-0.1, -0.05) is 12.1 Å². The molecule has 34 heavy (non-hydrogen) atoms. The summed E-state index contributed by atoms with van der Waals surface area (Å²) in [6.07, 6.45) is 2.27. The third-order valence-electron chi connectivity index (χ3n) is 5.88. The molecule has 174 valence electrons. The van der Waals surface area contributed by atoms with E-state index in [2.05, 4.69) is 5.10 Å². The van der Waals surface area contributed by atoms with Crippen molar-refractivity contribution >= 4 is 23.4 Å². The lowest BCUT2D eigenvalue weighted by Gasteiger charge is -2.46. The highest BCUT2D eigenvalue weighted by atomic mass is 19.1. The lowest BCUT2D eigenvalue weighted by atomic mass is 9.91. The number of fused-ring (bicyclic) bond motifs is 1. The highest BCUT2D eigenvalue weighted by molar-refractivity contribution is 6.03. The van der Waals surface area contributed by atoms with Crippen LogP contribution in [0.3, 0.4) is 0 Å². The van der Waals surface area contributed by atoms with E-state index in [0.717, 1.165) is 11.0 Å². The molecule has 0 saturated carbocycles. The number of carboxylic acid groups (broad SMARTS) is 1. The van der Waals surface area contributed by atoms with Gasteiger partial charge in [0.1, 0.15) is 11.6 Å². The Hall–Kier alpha value is -4.26. The number of carbonyl (C=O) groups is 2. The van der Waals surface area contributed by atoms with Crippen LogP contribution in [0, 0.1) is 23.0 Å². The van der Waals surface area contributed by atoms with E-state index >= 15 is 0 Å². The number of hydrogen-bond acceptors (Lipinski definition) is 4. The van der Waals surface area contributed by atoms with Gasteiger partial charge in [0.25, 0.3) is 0 Å². The van der Waals surface area contributed by atoms with Gasteiger partial charge in [-0.25, -0.2) is 13.6 Å². The summed E-state index contributed by atoms with van der Waals surface area (Å²) in [5.41, 5.74) is 1.83. The molecule has 0 spiro atoms. The van der Waals surface area contributed by atoms with Crippen LogP contribution in [0.2, 0.25) is 0 Å². The van der Waals surface area contributed by atoms with Crippen LogP contribution in [0.5, 0.6) is 0 Å². The van der Waals surface area contributed by atoms with Gasteiger partial charge >= 0.3 is 6.09 Å². The average molecular weight is 465 g/mol. The SMILES string of the molecule is CC(=O)N1c2ccc(-c3cnn(CCC#N)c3)cc2N(C(=O)O)C(c2ccc(F)cc2F)[C@@H]1C. The summed E-state index contributed by atoms with van der Waals surface area (Å²) in [7, 11) is 0. The van der Waals surface area contributed by atoms with Crippen LogP contribution >= 0.6 is 0 Å². The average Bonchev–Trinajstić information content (AvgIpc) is 3.25. The molecule has 2 aromatic carbocycles. The molecule has 0 saturated heterocycles. The minimum absolute atomic E-state index is 0.0390. The van der Waals surface area contributed by atoms with Crippen LogP contribution in [0.4, 0.5) is 25.0 Å². The fraction of sp³-hybridized carbons (Fsp3) is 0.250. The summed E-state index contributed by atoms with van der Waals surface area (Å²) >= 11 is 0. The first-order valence-corrected chi connectivity index (χ1v) is 10.5. The van der Waals surface area contributed by atoms with Crippen LogP contribution in [0.1, 0.15) is 31.9 Å². The summed E-state index contributed by atoms with van der Waals surface area (Å²) < 4.78 is 30.0. The Kier molecular flexibility index (Phi) is 6.03. The Bertz CT molecular complexity index is 1320. The van der Waals surface area contributed by atoms with Crippen molar-refractivity contribution in [2.45, 2.75) is 38.9 Å². The van der Waals surface area contributed by atoms with Crippen LogP contribution in [0.15, 0.2) is 48.8 Å². The fourth-order valence-corrected chi connectivity index (χ4v) is 4.44. The predicted molar refractivity (Wildman–Crippen MR) is 120 cm³/mol. The first-order valence-electron chi connectivity index (χ1n) is 10.5. The van der Waals surface area contributed by atoms with Crippen molar-refractivity contribution in [3.8, 4) is 17.2 Å². The zero-order valence-corrected chi connectivity index (χ0v) is 18.4. The molecule has 3 aromatic rings. The molecule has 1 aliphatic rings. The summed E-state index contributed by atoms with van der Waals surface area (Å²) in [6, 6.07) is 8.12. The maximum absolute atomic E-state index is 14.8. The fourth-order valence-electron chi connectivity index (χ4n) is 4.44. The number of carbonyl (C=O) groups excluding carboxylic acids is 1. The summed E-state index contributed by atoms with van der Waals surface area (Å²) in [4.78, 5) is 27.5. The van der Waals surface area contributed by atoms with E-state index in [-0.39, 0.29) is 23.6 Å². The Balaban J connectivity index is 1.88. The van der Waals surface area contributed by atoms with Crippen molar-refractivity contribution in [1.29, 1.82) is 5.26 Å². The molecule has 2 amide bonds. The molecule has 10 heteroatoms. The van der Waals surface area contributed by atoms with Gasteiger partial charge in [-0.05, 0) is 30.7 Å². The van der Waals surface area contributed by atoms with Crippen LogP contribution in [-0.2, 0) is 11.3 Å². The molecule has 4 rings (SSSR count). The lowest BCUT2D eigenvalue weighted by molar-refractivity contribution is -0.117.